The summed E-state index contributed by atoms with van der Waals surface area (Å²) in [6, 6.07) is 5.74. The molecule has 0 saturated carbocycles. The zero-order valence-electron chi connectivity index (χ0n) is 13.0. The standard InChI is InChI=1S/C16H19BrN4O2/c1-11-9-20(7-5-18-11)15(22)4-6-21-10-19-14-3-2-12(17)8-13(14)16(21)23/h2-3,8,10-11,18H,4-7,9H2,1H3/t11-/m1/s1. The van der Waals surface area contributed by atoms with Crippen LogP contribution in [0.1, 0.15) is 13.3 Å². The predicted molar refractivity (Wildman–Crippen MR) is 92.4 cm³/mol. The van der Waals surface area contributed by atoms with E-state index in [1.807, 2.05) is 11.0 Å². The summed E-state index contributed by atoms with van der Waals surface area (Å²) < 4.78 is 2.35. The molecule has 6 nitrogen and oxygen atoms in total. The van der Waals surface area contributed by atoms with E-state index < -0.39 is 0 Å². The van der Waals surface area contributed by atoms with Gasteiger partial charge in [0.2, 0.25) is 5.91 Å². The van der Waals surface area contributed by atoms with Crippen LogP contribution in [0.3, 0.4) is 0 Å². The summed E-state index contributed by atoms with van der Waals surface area (Å²) in [6.07, 6.45) is 1.83. The number of amides is 1. The van der Waals surface area contributed by atoms with Gasteiger partial charge >= 0.3 is 0 Å². The third-order valence-corrected chi connectivity index (χ3v) is 4.57. The van der Waals surface area contributed by atoms with Gasteiger partial charge in [-0.3, -0.25) is 14.2 Å². The van der Waals surface area contributed by atoms with Crippen LogP contribution in [0.15, 0.2) is 33.8 Å². The van der Waals surface area contributed by atoms with Gasteiger partial charge in [-0.25, -0.2) is 4.98 Å². The zero-order chi connectivity index (χ0) is 16.4. The summed E-state index contributed by atoms with van der Waals surface area (Å²) >= 11 is 3.37. The second-order valence-electron chi connectivity index (χ2n) is 5.85. The van der Waals surface area contributed by atoms with Crippen molar-refractivity contribution in [2.45, 2.75) is 25.9 Å². The first-order valence-corrected chi connectivity index (χ1v) is 8.50. The number of nitrogens with one attached hydrogen (secondary N) is 1. The monoisotopic (exact) mass is 378 g/mol. The number of hydrogen-bond acceptors (Lipinski definition) is 4. The lowest BCUT2D eigenvalue weighted by atomic mass is 10.2. The van der Waals surface area contributed by atoms with Gasteiger partial charge in [-0.1, -0.05) is 15.9 Å². The summed E-state index contributed by atoms with van der Waals surface area (Å²) in [5, 5.41) is 3.87. The molecule has 1 amide bonds. The second-order valence-corrected chi connectivity index (χ2v) is 6.77. The van der Waals surface area contributed by atoms with E-state index >= 15 is 0 Å². The third-order valence-electron chi connectivity index (χ3n) is 4.07. The maximum absolute atomic E-state index is 12.5. The van der Waals surface area contributed by atoms with Gasteiger partial charge in [0.05, 0.1) is 17.2 Å². The first-order valence-electron chi connectivity index (χ1n) is 7.70. The molecule has 0 spiro atoms. The summed E-state index contributed by atoms with van der Waals surface area (Å²) in [4.78, 5) is 30.9. The second kappa shape index (κ2) is 6.80. The van der Waals surface area contributed by atoms with Crippen molar-refractivity contribution < 1.29 is 4.79 Å². The van der Waals surface area contributed by atoms with Crippen molar-refractivity contribution in [2.75, 3.05) is 19.6 Å². The van der Waals surface area contributed by atoms with Crippen molar-refractivity contribution in [3.63, 3.8) is 0 Å². The van der Waals surface area contributed by atoms with Crippen LogP contribution in [-0.2, 0) is 11.3 Å². The molecule has 1 fully saturated rings. The molecule has 1 aliphatic heterocycles. The highest BCUT2D eigenvalue weighted by Crippen LogP contribution is 2.15. The first kappa shape index (κ1) is 16.1. The maximum Gasteiger partial charge on any atom is 0.261 e. The number of aryl methyl sites for hydroxylation is 1. The van der Waals surface area contributed by atoms with Crippen molar-refractivity contribution >= 4 is 32.7 Å². The molecule has 3 rings (SSSR count). The third kappa shape index (κ3) is 3.61. The van der Waals surface area contributed by atoms with Gasteiger partial charge in [0.25, 0.3) is 5.56 Å². The van der Waals surface area contributed by atoms with E-state index in [1.54, 1.807) is 12.1 Å². The van der Waals surface area contributed by atoms with Crippen LogP contribution in [0.5, 0.6) is 0 Å². The minimum Gasteiger partial charge on any atom is -0.340 e. The molecule has 1 aliphatic rings. The molecule has 0 aliphatic carbocycles. The molecule has 2 heterocycles. The van der Waals surface area contributed by atoms with Crippen LogP contribution in [0, 0.1) is 0 Å². The van der Waals surface area contributed by atoms with Gasteiger partial charge in [-0.2, -0.15) is 0 Å². The number of benzene rings is 1. The number of halogens is 1. The predicted octanol–water partition coefficient (Wildman–Crippen LogP) is 1.37. The molecule has 1 aromatic carbocycles. The van der Waals surface area contributed by atoms with Crippen molar-refractivity contribution in [1.82, 2.24) is 19.8 Å². The summed E-state index contributed by atoms with van der Waals surface area (Å²) in [7, 11) is 0. The summed E-state index contributed by atoms with van der Waals surface area (Å²) in [6.45, 7) is 4.68. The van der Waals surface area contributed by atoms with Crippen LogP contribution >= 0.6 is 15.9 Å². The molecule has 0 unspecified atom stereocenters. The first-order chi connectivity index (χ1) is 11.0. The fraction of sp³-hybridized carbons (Fsp3) is 0.438. The number of rotatable bonds is 3. The van der Waals surface area contributed by atoms with E-state index in [-0.39, 0.29) is 11.5 Å². The number of hydrogen-bond donors (Lipinski definition) is 1. The van der Waals surface area contributed by atoms with Gasteiger partial charge in [-0.05, 0) is 25.1 Å². The lowest BCUT2D eigenvalue weighted by Gasteiger charge is -2.32. The Balaban J connectivity index is 1.73. The Kier molecular flexibility index (Phi) is 4.77. The molecule has 0 bridgehead atoms. The Morgan fingerprint density at radius 1 is 1.48 bits per heavy atom. The molecule has 2 aromatic rings. The molecule has 23 heavy (non-hydrogen) atoms. The lowest BCUT2D eigenvalue weighted by molar-refractivity contribution is -0.132. The fourth-order valence-corrected chi connectivity index (χ4v) is 3.18. The number of aromatic nitrogens is 2. The number of carbonyl (C=O) groups excluding carboxylic acids is 1. The molecule has 1 atom stereocenters. The highest BCUT2D eigenvalue weighted by atomic mass is 79.9. The van der Waals surface area contributed by atoms with E-state index in [1.165, 1.54) is 10.9 Å². The van der Waals surface area contributed by atoms with Crippen LogP contribution in [0.25, 0.3) is 10.9 Å². The molecule has 1 saturated heterocycles. The molecule has 1 N–H and O–H groups in total. The van der Waals surface area contributed by atoms with E-state index in [0.717, 1.165) is 24.1 Å². The summed E-state index contributed by atoms with van der Waals surface area (Å²) in [5.74, 6) is 0.0830. The van der Waals surface area contributed by atoms with Gasteiger partial charge in [-0.15, -0.1) is 0 Å². The van der Waals surface area contributed by atoms with Crippen LogP contribution in [0.4, 0.5) is 0 Å². The van der Waals surface area contributed by atoms with Crippen molar-refractivity contribution in [1.29, 1.82) is 0 Å². The Hall–Kier alpha value is -1.73. The maximum atomic E-state index is 12.5. The van der Waals surface area contributed by atoms with Gasteiger partial charge in [0, 0.05) is 43.1 Å². The van der Waals surface area contributed by atoms with E-state index in [4.69, 9.17) is 0 Å². The van der Waals surface area contributed by atoms with Crippen molar-refractivity contribution in [3.8, 4) is 0 Å². The highest BCUT2D eigenvalue weighted by Gasteiger charge is 2.20. The topological polar surface area (TPSA) is 67.2 Å². The van der Waals surface area contributed by atoms with Crippen LogP contribution < -0.4 is 10.9 Å². The molecule has 122 valence electrons. The van der Waals surface area contributed by atoms with E-state index in [9.17, 15) is 9.59 Å². The smallest absolute Gasteiger partial charge is 0.261 e. The van der Waals surface area contributed by atoms with Gasteiger partial charge in [0.1, 0.15) is 0 Å². The van der Waals surface area contributed by atoms with E-state index in [2.05, 4.69) is 33.2 Å². The number of piperazine rings is 1. The Morgan fingerprint density at radius 3 is 3.09 bits per heavy atom. The average Bonchev–Trinajstić information content (AvgIpc) is 2.54. The minimum absolute atomic E-state index is 0.0830. The van der Waals surface area contributed by atoms with E-state index in [0.29, 0.717) is 29.9 Å². The van der Waals surface area contributed by atoms with Gasteiger partial charge in [0.15, 0.2) is 0 Å². The number of nitrogens with zero attached hydrogens (tertiary/aromatic N) is 3. The average molecular weight is 379 g/mol. The lowest BCUT2D eigenvalue weighted by Crippen LogP contribution is -2.51. The minimum atomic E-state index is -0.113. The fourth-order valence-electron chi connectivity index (χ4n) is 2.82. The van der Waals surface area contributed by atoms with Crippen molar-refractivity contribution in [3.05, 3.63) is 39.4 Å². The number of fused-ring (bicyclic) bond motifs is 1. The quantitative estimate of drug-likeness (QED) is 0.875. The highest BCUT2D eigenvalue weighted by molar-refractivity contribution is 9.10. The molecule has 7 heteroatoms. The largest absolute Gasteiger partial charge is 0.340 e. The molecule has 1 aromatic heterocycles. The molecular weight excluding hydrogens is 360 g/mol. The molecule has 0 radical (unpaired) electrons. The zero-order valence-corrected chi connectivity index (χ0v) is 14.5. The Morgan fingerprint density at radius 2 is 2.30 bits per heavy atom. The Bertz CT molecular complexity index is 789. The van der Waals surface area contributed by atoms with Crippen LogP contribution in [-0.4, -0.2) is 46.0 Å². The van der Waals surface area contributed by atoms with Gasteiger partial charge < -0.3 is 10.2 Å². The van der Waals surface area contributed by atoms with Crippen molar-refractivity contribution in [2.24, 2.45) is 0 Å². The number of carbonyl (C=O) groups is 1. The Labute approximate surface area is 142 Å². The van der Waals surface area contributed by atoms with Crippen LogP contribution in [0.2, 0.25) is 0 Å². The SMILES string of the molecule is C[C@@H]1CN(C(=O)CCn2cnc3ccc(Br)cc3c2=O)CCN1. The normalized spacial score (nSPS) is 18.3. The summed E-state index contributed by atoms with van der Waals surface area (Å²) in [5.41, 5.74) is 0.550. The molecular formula is C16H19BrN4O2.